The van der Waals surface area contributed by atoms with Crippen molar-refractivity contribution in [3.63, 3.8) is 0 Å². The summed E-state index contributed by atoms with van der Waals surface area (Å²) in [7, 11) is 0. The van der Waals surface area contributed by atoms with Gasteiger partial charge < -0.3 is 51.3 Å². The number of carbonyl (C=O) groups is 8. The highest BCUT2D eigenvalue weighted by Gasteiger charge is 2.40. The Morgan fingerprint density at radius 3 is 2.02 bits per heavy atom. The normalized spacial score (nSPS) is 15.5. The number of alkyl carbamates (subject to hydrolysis) is 1. The number of nitrogens with two attached hydrogens (primary N) is 1. The topological polar surface area (TPSA) is 263 Å². The SMILES string of the molecule is CC(=O)C1(NC(=O)OCc2ccc(NC(=O)[C@H](CCCNC(N)=O)NC(=O)[C@@H](NC(=O)CCOCCOCCOCCN3C(=O)C=CC3=O)C(C)C)cc2)CCCC1. The molecule has 7 N–H and O–H groups in total. The molecule has 19 nitrogen and oxygen atoms in total. The van der Waals surface area contributed by atoms with Gasteiger partial charge in [-0.3, -0.25) is 33.7 Å². The number of ketones is 1. The molecular formula is C39H57N7O12. The van der Waals surface area contributed by atoms with E-state index < -0.39 is 47.5 Å². The lowest BCUT2D eigenvalue weighted by Crippen LogP contribution is -2.54. The minimum Gasteiger partial charge on any atom is -0.445 e. The Labute approximate surface area is 337 Å². The summed E-state index contributed by atoms with van der Waals surface area (Å²) in [6.45, 7) is 6.46. The minimum atomic E-state index is -1.04. The first-order valence-corrected chi connectivity index (χ1v) is 19.5. The van der Waals surface area contributed by atoms with E-state index in [-0.39, 0.29) is 95.7 Å². The Bertz CT molecular complexity index is 1590. The van der Waals surface area contributed by atoms with Crippen LogP contribution in [0.4, 0.5) is 15.3 Å². The third kappa shape index (κ3) is 16.2. The first kappa shape index (κ1) is 47.0. The molecule has 320 valence electrons. The summed E-state index contributed by atoms with van der Waals surface area (Å²) in [6.07, 6.45) is 5.00. The van der Waals surface area contributed by atoms with Gasteiger partial charge in [-0.2, -0.15) is 0 Å². The molecule has 3 rings (SSSR count). The number of amides is 8. The van der Waals surface area contributed by atoms with Crippen LogP contribution in [-0.4, -0.2) is 123 Å². The molecule has 0 radical (unpaired) electrons. The van der Waals surface area contributed by atoms with E-state index in [1.807, 2.05) is 0 Å². The second kappa shape index (κ2) is 24.4. The molecule has 0 unspecified atom stereocenters. The van der Waals surface area contributed by atoms with Gasteiger partial charge in [0.05, 0.1) is 46.2 Å². The second-order valence-corrected chi connectivity index (χ2v) is 14.3. The number of benzene rings is 1. The largest absolute Gasteiger partial charge is 0.445 e. The van der Waals surface area contributed by atoms with E-state index >= 15 is 0 Å². The number of rotatable bonds is 26. The van der Waals surface area contributed by atoms with E-state index in [4.69, 9.17) is 24.7 Å². The fourth-order valence-corrected chi connectivity index (χ4v) is 6.18. The van der Waals surface area contributed by atoms with E-state index in [0.29, 0.717) is 30.5 Å². The Hall–Kier alpha value is -5.40. The molecule has 0 aromatic heterocycles. The van der Waals surface area contributed by atoms with Crippen LogP contribution in [0, 0.1) is 5.92 Å². The fourth-order valence-electron chi connectivity index (χ4n) is 6.18. The van der Waals surface area contributed by atoms with Gasteiger partial charge in [-0.05, 0) is 56.2 Å². The number of urea groups is 1. The number of hydrogen-bond acceptors (Lipinski definition) is 12. The maximum absolute atomic E-state index is 13.5. The van der Waals surface area contributed by atoms with Gasteiger partial charge in [0.25, 0.3) is 11.8 Å². The molecular weight excluding hydrogens is 758 g/mol. The van der Waals surface area contributed by atoms with Crippen molar-refractivity contribution in [3.05, 3.63) is 42.0 Å². The molecule has 1 saturated carbocycles. The molecule has 0 bridgehead atoms. The number of carbonyl (C=O) groups excluding carboxylic acids is 8. The van der Waals surface area contributed by atoms with Crippen molar-refractivity contribution >= 4 is 53.1 Å². The highest BCUT2D eigenvalue weighted by atomic mass is 16.6. The summed E-state index contributed by atoms with van der Waals surface area (Å²) in [5.41, 5.74) is 5.32. The van der Waals surface area contributed by atoms with Crippen LogP contribution >= 0.6 is 0 Å². The summed E-state index contributed by atoms with van der Waals surface area (Å²) < 4.78 is 21.6. The average molecular weight is 816 g/mol. The monoisotopic (exact) mass is 815 g/mol. The Morgan fingerprint density at radius 1 is 0.828 bits per heavy atom. The van der Waals surface area contributed by atoms with Crippen molar-refractivity contribution in [3.8, 4) is 0 Å². The van der Waals surface area contributed by atoms with Crippen molar-refractivity contribution in [2.75, 3.05) is 58.0 Å². The van der Waals surface area contributed by atoms with Crippen LogP contribution in [0.2, 0.25) is 0 Å². The van der Waals surface area contributed by atoms with Crippen LogP contribution in [0.1, 0.15) is 71.3 Å². The van der Waals surface area contributed by atoms with Gasteiger partial charge in [-0.15, -0.1) is 0 Å². The highest BCUT2D eigenvalue weighted by Crippen LogP contribution is 2.30. The predicted molar refractivity (Wildman–Crippen MR) is 209 cm³/mol. The van der Waals surface area contributed by atoms with Crippen molar-refractivity contribution in [1.82, 2.24) is 26.2 Å². The number of primary amides is 1. The number of Topliss-reactive ketones (excluding diaryl/α,β-unsaturated/α-hetero) is 1. The maximum Gasteiger partial charge on any atom is 0.408 e. The number of anilines is 1. The van der Waals surface area contributed by atoms with Crippen LogP contribution in [0.5, 0.6) is 0 Å². The van der Waals surface area contributed by atoms with E-state index in [9.17, 15) is 38.4 Å². The smallest absolute Gasteiger partial charge is 0.408 e. The zero-order valence-electron chi connectivity index (χ0n) is 33.4. The second-order valence-electron chi connectivity index (χ2n) is 14.3. The number of ether oxygens (including phenoxy) is 4. The lowest BCUT2D eigenvalue weighted by Gasteiger charge is -2.26. The Balaban J connectivity index is 1.41. The molecule has 0 saturated heterocycles. The molecule has 1 aromatic rings. The quantitative estimate of drug-likeness (QED) is 0.0569. The van der Waals surface area contributed by atoms with Crippen LogP contribution in [-0.2, 0) is 54.3 Å². The van der Waals surface area contributed by atoms with Crippen LogP contribution in [0.15, 0.2) is 36.4 Å². The van der Waals surface area contributed by atoms with Crippen LogP contribution in [0.25, 0.3) is 0 Å². The Kier molecular flexibility index (Phi) is 19.8. The third-order valence-electron chi connectivity index (χ3n) is 9.51. The molecule has 1 fully saturated rings. The fraction of sp³-hybridized carbons (Fsp3) is 0.590. The first-order valence-electron chi connectivity index (χ1n) is 19.5. The highest BCUT2D eigenvalue weighted by molar-refractivity contribution is 6.12. The molecule has 58 heavy (non-hydrogen) atoms. The summed E-state index contributed by atoms with van der Waals surface area (Å²) >= 11 is 0. The number of nitrogens with zero attached hydrogens (tertiary/aromatic N) is 1. The molecule has 1 aromatic carbocycles. The first-order chi connectivity index (χ1) is 27.7. The van der Waals surface area contributed by atoms with E-state index in [1.54, 1.807) is 38.1 Å². The van der Waals surface area contributed by atoms with E-state index in [0.717, 1.165) is 17.7 Å². The molecule has 19 heteroatoms. The lowest BCUT2D eigenvalue weighted by molar-refractivity contribution is -0.137. The predicted octanol–water partition coefficient (Wildman–Crippen LogP) is 1.19. The van der Waals surface area contributed by atoms with Gasteiger partial charge in [0.15, 0.2) is 5.78 Å². The zero-order valence-corrected chi connectivity index (χ0v) is 33.4. The molecule has 0 spiro atoms. The van der Waals surface area contributed by atoms with Crippen molar-refractivity contribution in [2.45, 2.75) is 89.9 Å². The summed E-state index contributed by atoms with van der Waals surface area (Å²) in [5.74, 6) is -2.71. The zero-order chi connectivity index (χ0) is 42.5. The molecule has 1 heterocycles. The van der Waals surface area contributed by atoms with Crippen LogP contribution in [0.3, 0.4) is 0 Å². The summed E-state index contributed by atoms with van der Waals surface area (Å²) in [4.78, 5) is 99.5. The standard InChI is InChI=1S/C39H57N7O12/c1-26(2)34(44-31(48)14-19-55-21-23-57-24-22-56-20-18-46-32(49)12-13-33(46)50)36(52)43-30(7-6-17-41-37(40)53)35(51)42-29-10-8-28(9-11-29)25-58-38(54)45-39(27(3)47)15-4-5-16-39/h8-13,26,30,34H,4-7,14-25H2,1-3H3,(H,42,51)(H,43,52)(H,44,48)(H,45,54)(H3,40,41,53)/t30-,34-/m0/s1. The molecule has 1 aliphatic carbocycles. The average Bonchev–Trinajstić information content (AvgIpc) is 3.79. The third-order valence-corrected chi connectivity index (χ3v) is 9.51. The summed E-state index contributed by atoms with van der Waals surface area (Å²) in [6, 6.07) is 3.81. The molecule has 8 amide bonds. The lowest BCUT2D eigenvalue weighted by atomic mass is 9.93. The van der Waals surface area contributed by atoms with Gasteiger partial charge in [-0.1, -0.05) is 38.8 Å². The minimum absolute atomic E-state index is 0.0317. The number of imide groups is 1. The molecule has 1 aliphatic heterocycles. The number of nitrogens with one attached hydrogen (secondary N) is 5. The van der Waals surface area contributed by atoms with E-state index in [2.05, 4.69) is 26.6 Å². The van der Waals surface area contributed by atoms with Gasteiger partial charge in [0.1, 0.15) is 24.2 Å². The van der Waals surface area contributed by atoms with Gasteiger partial charge in [-0.25, -0.2) is 9.59 Å². The van der Waals surface area contributed by atoms with Crippen molar-refractivity contribution in [2.24, 2.45) is 11.7 Å². The number of hydrogen-bond donors (Lipinski definition) is 6. The van der Waals surface area contributed by atoms with Crippen LogP contribution < -0.4 is 32.3 Å². The van der Waals surface area contributed by atoms with Crippen molar-refractivity contribution in [1.29, 1.82) is 0 Å². The van der Waals surface area contributed by atoms with Gasteiger partial charge in [0.2, 0.25) is 17.7 Å². The van der Waals surface area contributed by atoms with Gasteiger partial charge in [0, 0.05) is 30.8 Å². The molecule has 2 atom stereocenters. The van der Waals surface area contributed by atoms with Gasteiger partial charge >= 0.3 is 12.1 Å². The summed E-state index contributed by atoms with van der Waals surface area (Å²) in [5, 5.41) is 13.4. The van der Waals surface area contributed by atoms with Crippen molar-refractivity contribution < 1.29 is 57.3 Å². The molecule has 2 aliphatic rings. The maximum atomic E-state index is 13.5. The Morgan fingerprint density at radius 2 is 1.43 bits per heavy atom. The van der Waals surface area contributed by atoms with E-state index in [1.165, 1.54) is 19.1 Å².